The molecule has 0 saturated heterocycles. The molecule has 0 amide bonds. The third kappa shape index (κ3) is 4.58. The first kappa shape index (κ1) is 5.58. The molecule has 5 heavy (non-hydrogen) atoms. The van der Waals surface area contributed by atoms with Crippen molar-refractivity contribution in [3.63, 3.8) is 0 Å². The van der Waals surface area contributed by atoms with Crippen LogP contribution in [0.15, 0.2) is 4.74 Å². The summed E-state index contributed by atoms with van der Waals surface area (Å²) in [6.07, 6.45) is 0. The van der Waals surface area contributed by atoms with Crippen molar-refractivity contribution in [2.45, 2.75) is 11.9 Å². The van der Waals surface area contributed by atoms with Crippen molar-refractivity contribution >= 4 is 25.0 Å². The average molecular weight is 154 g/mol. The number of hydrogen-bond donors (Lipinski definition) is 0. The highest BCUT2D eigenvalue weighted by atomic mass is 79.9. The molecule has 1 unspecified atom stereocenters. The van der Waals surface area contributed by atoms with E-state index < -0.39 is 0 Å². The number of hydrogen-bond acceptors (Lipinski definition) is 1. The van der Waals surface area contributed by atoms with Gasteiger partial charge in [0.2, 0.25) is 0 Å². The molecule has 0 aliphatic heterocycles. The van der Waals surface area contributed by atoms with Crippen LogP contribution in [0.1, 0.15) is 6.92 Å². The van der Waals surface area contributed by atoms with Gasteiger partial charge in [-0.05, 0) is 16.0 Å². The van der Waals surface area contributed by atoms with E-state index in [9.17, 15) is 0 Å². The van der Waals surface area contributed by atoms with Gasteiger partial charge in [0.15, 0.2) is 0 Å². The van der Waals surface area contributed by atoms with E-state index in [0.29, 0.717) is 0 Å². The largest absolute Gasteiger partial charge is 0.258 e. The summed E-state index contributed by atoms with van der Waals surface area (Å²) in [5, 5.41) is 0. The van der Waals surface area contributed by atoms with Gasteiger partial charge in [0.05, 0.1) is 0 Å². The van der Waals surface area contributed by atoms with Crippen LogP contribution in [0.4, 0.5) is 0 Å². The molecule has 0 N–H and O–H groups in total. The zero-order valence-electron chi connectivity index (χ0n) is 2.90. The first-order valence-electron chi connectivity index (χ1n) is 1.28. The van der Waals surface area contributed by atoms with Crippen LogP contribution in [-0.2, 0) is 0 Å². The van der Waals surface area contributed by atoms with Crippen LogP contribution in [0.2, 0.25) is 0 Å². The Morgan fingerprint density at radius 3 is 2.20 bits per heavy atom. The monoisotopic (exact) mass is 153 g/mol. The molecule has 0 aromatic carbocycles. The molecule has 0 rings (SSSR count). The summed E-state index contributed by atoms with van der Waals surface area (Å²) in [5.74, 6) is 0. The number of alkyl halides is 1. The lowest BCUT2D eigenvalue weighted by Crippen LogP contribution is -1.72. The molecule has 0 saturated carbocycles. The minimum Gasteiger partial charge on any atom is -0.258 e. The standard InChI is InChI=1S/C2H5BrNP/c1-2(3)4-5/h2,5H,1H3. The third-order valence-corrected chi connectivity index (χ3v) is 1.15. The van der Waals surface area contributed by atoms with Gasteiger partial charge in [0.1, 0.15) is 4.95 Å². The van der Waals surface area contributed by atoms with Gasteiger partial charge in [-0.2, -0.15) is 0 Å². The van der Waals surface area contributed by atoms with Gasteiger partial charge in [-0.1, -0.05) is 15.9 Å². The lowest BCUT2D eigenvalue weighted by Gasteiger charge is -1.81. The zero-order valence-corrected chi connectivity index (χ0v) is 5.49. The summed E-state index contributed by atoms with van der Waals surface area (Å²) < 4.78 is 3.61. The summed E-state index contributed by atoms with van der Waals surface area (Å²) in [6.45, 7) is 1.92. The minimum absolute atomic E-state index is 0.235. The molecule has 0 aliphatic carbocycles. The second-order valence-corrected chi connectivity index (χ2v) is 2.29. The number of halogens is 1. The van der Waals surface area contributed by atoms with Crippen LogP contribution in [-0.4, -0.2) is 4.95 Å². The highest BCUT2D eigenvalue weighted by Crippen LogP contribution is 1.98. The molecule has 0 heterocycles. The van der Waals surface area contributed by atoms with E-state index in [1.807, 2.05) is 6.92 Å². The minimum atomic E-state index is 0.235. The molecule has 0 radical (unpaired) electrons. The maximum Gasteiger partial charge on any atom is 0.106 e. The van der Waals surface area contributed by atoms with Gasteiger partial charge < -0.3 is 0 Å². The number of rotatable bonds is 1. The molecule has 0 aliphatic rings. The average Bonchev–Trinajstić information content (AvgIpc) is 1.38. The molecular weight excluding hydrogens is 149 g/mol. The Hall–Kier alpha value is 0.580. The predicted molar refractivity (Wildman–Crippen MR) is 29.1 cm³/mol. The summed E-state index contributed by atoms with van der Waals surface area (Å²) >= 11 is 3.16. The second-order valence-electron chi connectivity index (χ2n) is 0.703. The van der Waals surface area contributed by atoms with Gasteiger partial charge in [-0.3, -0.25) is 4.74 Å². The van der Waals surface area contributed by atoms with Crippen molar-refractivity contribution in [2.24, 2.45) is 4.74 Å². The van der Waals surface area contributed by atoms with E-state index >= 15 is 0 Å². The van der Waals surface area contributed by atoms with Crippen molar-refractivity contribution in [1.29, 1.82) is 0 Å². The van der Waals surface area contributed by atoms with Crippen molar-refractivity contribution in [1.82, 2.24) is 0 Å². The predicted octanol–water partition coefficient (Wildman–Crippen LogP) is 2.05. The van der Waals surface area contributed by atoms with Crippen LogP contribution in [0, 0.1) is 0 Å². The first-order valence-corrected chi connectivity index (χ1v) is 2.64. The molecule has 0 spiro atoms. The molecule has 3 heteroatoms. The number of nitrogens with zero attached hydrogens (tertiary/aromatic N) is 1. The van der Waals surface area contributed by atoms with Gasteiger partial charge >= 0.3 is 0 Å². The Kier molecular flexibility index (Phi) is 3.12. The summed E-state index contributed by atoms with van der Waals surface area (Å²) in [6, 6.07) is 0. The van der Waals surface area contributed by atoms with Gasteiger partial charge in [-0.15, -0.1) is 0 Å². The van der Waals surface area contributed by atoms with E-state index in [1.54, 1.807) is 0 Å². The van der Waals surface area contributed by atoms with Gasteiger partial charge in [0, 0.05) is 0 Å². The smallest absolute Gasteiger partial charge is 0.106 e. The van der Waals surface area contributed by atoms with E-state index in [-0.39, 0.29) is 4.95 Å². The van der Waals surface area contributed by atoms with E-state index in [4.69, 9.17) is 0 Å². The van der Waals surface area contributed by atoms with E-state index in [1.165, 1.54) is 0 Å². The maximum atomic E-state index is 3.61. The highest BCUT2D eigenvalue weighted by Gasteiger charge is 1.78. The van der Waals surface area contributed by atoms with Crippen molar-refractivity contribution in [3.8, 4) is 0 Å². The van der Waals surface area contributed by atoms with E-state index in [2.05, 4.69) is 29.7 Å². The Morgan fingerprint density at radius 1 is 2.00 bits per heavy atom. The summed E-state index contributed by atoms with van der Waals surface area (Å²) in [4.78, 5) is 0.235. The van der Waals surface area contributed by atoms with Gasteiger partial charge in [0.25, 0.3) is 0 Å². The topological polar surface area (TPSA) is 12.4 Å². The first-order chi connectivity index (χ1) is 2.27. The fraction of sp³-hybridized carbons (Fsp3) is 1.00. The van der Waals surface area contributed by atoms with Crippen LogP contribution < -0.4 is 0 Å². The Balaban J connectivity index is 2.83. The highest BCUT2D eigenvalue weighted by molar-refractivity contribution is 9.09. The van der Waals surface area contributed by atoms with Crippen LogP contribution >= 0.6 is 25.0 Å². The second kappa shape index (κ2) is 2.80. The summed E-state index contributed by atoms with van der Waals surface area (Å²) in [7, 11) is 2.93. The molecule has 1 atom stereocenters. The van der Waals surface area contributed by atoms with Crippen molar-refractivity contribution in [2.75, 3.05) is 0 Å². The Labute approximate surface area is 42.2 Å². The van der Waals surface area contributed by atoms with Crippen LogP contribution in [0.25, 0.3) is 0 Å². The fourth-order valence-electron chi connectivity index (χ4n) is 0. The maximum absolute atomic E-state index is 3.61. The molecule has 0 bridgehead atoms. The van der Waals surface area contributed by atoms with Crippen molar-refractivity contribution in [3.05, 3.63) is 0 Å². The van der Waals surface area contributed by atoms with Gasteiger partial charge in [-0.25, -0.2) is 0 Å². The molecule has 0 aromatic heterocycles. The fourth-order valence-corrected chi connectivity index (χ4v) is 0. The summed E-state index contributed by atoms with van der Waals surface area (Å²) in [5.41, 5.74) is 0. The molecule has 1 nitrogen and oxygen atoms in total. The Morgan fingerprint density at radius 2 is 2.20 bits per heavy atom. The lowest BCUT2D eigenvalue weighted by molar-refractivity contribution is 1.09. The molecule has 30 valence electrons. The van der Waals surface area contributed by atoms with Crippen LogP contribution in [0.5, 0.6) is 0 Å². The Bertz CT molecular complexity index is 36.6. The third-order valence-electron chi connectivity index (χ3n) is 0.178. The zero-order chi connectivity index (χ0) is 4.28. The molecule has 0 aromatic rings. The lowest BCUT2D eigenvalue weighted by atomic mass is 10.8. The van der Waals surface area contributed by atoms with E-state index in [0.717, 1.165) is 0 Å². The molecular formula is C2H5BrNP. The quantitative estimate of drug-likeness (QED) is 0.311. The normalized spacial score (nSPS) is 14.0. The molecule has 0 fully saturated rings. The van der Waals surface area contributed by atoms with Crippen LogP contribution in [0.3, 0.4) is 0 Å². The SMILES string of the molecule is CC(Br)N=P. The van der Waals surface area contributed by atoms with Crippen molar-refractivity contribution < 1.29 is 0 Å².